The molecule has 2 aliphatic heterocycles. The van der Waals surface area contributed by atoms with Crippen LogP contribution in [0.4, 0.5) is 0 Å². The van der Waals surface area contributed by atoms with Crippen LogP contribution in [0.2, 0.25) is 0 Å². The van der Waals surface area contributed by atoms with Crippen LogP contribution in [-0.4, -0.2) is 47.3 Å². The van der Waals surface area contributed by atoms with Crippen molar-refractivity contribution in [3.8, 4) is 0 Å². The Kier molecular flexibility index (Phi) is 4.05. The molecule has 0 spiro atoms. The van der Waals surface area contributed by atoms with Gasteiger partial charge in [-0.25, -0.2) is 0 Å². The SMILES string of the molecule is CCCC1CC(C(=O)O)(N2CCCC2)CCO1. The molecule has 0 aromatic carbocycles. The van der Waals surface area contributed by atoms with Crippen LogP contribution in [0.25, 0.3) is 0 Å². The van der Waals surface area contributed by atoms with Crippen LogP contribution in [0.3, 0.4) is 0 Å². The molecule has 2 atom stereocenters. The molecule has 4 heteroatoms. The third kappa shape index (κ3) is 2.47. The fraction of sp³-hybridized carbons (Fsp3) is 0.923. The zero-order valence-electron chi connectivity index (χ0n) is 10.7. The number of likely N-dealkylation sites (tertiary alicyclic amines) is 1. The van der Waals surface area contributed by atoms with Crippen LogP contribution < -0.4 is 0 Å². The van der Waals surface area contributed by atoms with Gasteiger partial charge >= 0.3 is 5.97 Å². The van der Waals surface area contributed by atoms with Crippen LogP contribution in [0.15, 0.2) is 0 Å². The van der Waals surface area contributed by atoms with Gasteiger partial charge < -0.3 is 9.84 Å². The van der Waals surface area contributed by atoms with E-state index in [4.69, 9.17) is 4.74 Å². The molecule has 2 rings (SSSR count). The predicted molar refractivity (Wildman–Crippen MR) is 65.1 cm³/mol. The minimum Gasteiger partial charge on any atom is -0.480 e. The number of ether oxygens (including phenoxy) is 1. The standard InChI is InChI=1S/C13H23NO3/c1-2-5-11-10-13(12(15)16,6-9-17-11)14-7-3-4-8-14/h11H,2-10H2,1H3,(H,15,16). The van der Waals surface area contributed by atoms with E-state index in [0.717, 1.165) is 38.8 Å². The van der Waals surface area contributed by atoms with Gasteiger partial charge in [-0.15, -0.1) is 0 Å². The van der Waals surface area contributed by atoms with Gasteiger partial charge in [-0.1, -0.05) is 13.3 Å². The summed E-state index contributed by atoms with van der Waals surface area (Å²) in [5.74, 6) is -0.649. The average molecular weight is 241 g/mol. The van der Waals surface area contributed by atoms with E-state index in [1.165, 1.54) is 0 Å². The van der Waals surface area contributed by atoms with E-state index in [-0.39, 0.29) is 6.10 Å². The normalized spacial score (nSPS) is 35.0. The van der Waals surface area contributed by atoms with E-state index in [2.05, 4.69) is 11.8 Å². The summed E-state index contributed by atoms with van der Waals surface area (Å²) in [6.07, 6.45) is 5.73. The Hall–Kier alpha value is -0.610. The number of aliphatic carboxylic acids is 1. The molecule has 98 valence electrons. The molecule has 2 saturated heterocycles. The lowest BCUT2D eigenvalue weighted by Crippen LogP contribution is -2.58. The first-order valence-electron chi connectivity index (χ1n) is 6.79. The van der Waals surface area contributed by atoms with Gasteiger partial charge in [0.2, 0.25) is 0 Å². The highest BCUT2D eigenvalue weighted by atomic mass is 16.5. The van der Waals surface area contributed by atoms with Crippen LogP contribution in [-0.2, 0) is 9.53 Å². The van der Waals surface area contributed by atoms with E-state index in [1.807, 2.05) is 0 Å². The fourth-order valence-corrected chi connectivity index (χ4v) is 3.20. The molecule has 4 nitrogen and oxygen atoms in total. The van der Waals surface area contributed by atoms with Crippen molar-refractivity contribution in [2.45, 2.75) is 57.1 Å². The molecule has 1 N–H and O–H groups in total. The van der Waals surface area contributed by atoms with E-state index in [1.54, 1.807) is 0 Å². The lowest BCUT2D eigenvalue weighted by molar-refractivity contribution is -0.162. The summed E-state index contributed by atoms with van der Waals surface area (Å²) in [7, 11) is 0. The molecular weight excluding hydrogens is 218 g/mol. The van der Waals surface area contributed by atoms with Gasteiger partial charge in [0.25, 0.3) is 0 Å². The number of rotatable bonds is 4. The van der Waals surface area contributed by atoms with Crippen LogP contribution in [0.1, 0.15) is 45.4 Å². The topological polar surface area (TPSA) is 49.8 Å². The molecule has 2 heterocycles. The third-order valence-electron chi connectivity index (χ3n) is 4.15. The first kappa shape index (κ1) is 12.8. The first-order valence-corrected chi connectivity index (χ1v) is 6.79. The average Bonchev–Trinajstić information content (AvgIpc) is 2.83. The van der Waals surface area contributed by atoms with Crippen LogP contribution in [0.5, 0.6) is 0 Å². The first-order chi connectivity index (χ1) is 8.19. The summed E-state index contributed by atoms with van der Waals surface area (Å²) in [4.78, 5) is 13.9. The molecule has 17 heavy (non-hydrogen) atoms. The molecule has 0 saturated carbocycles. The molecule has 0 bridgehead atoms. The van der Waals surface area contributed by atoms with Crippen molar-refractivity contribution in [1.82, 2.24) is 4.90 Å². The molecular formula is C13H23NO3. The summed E-state index contributed by atoms with van der Waals surface area (Å²) in [5, 5.41) is 9.64. The van der Waals surface area contributed by atoms with Gasteiger partial charge in [-0.2, -0.15) is 0 Å². The van der Waals surface area contributed by atoms with Gasteiger partial charge in [-0.3, -0.25) is 9.69 Å². The Morgan fingerprint density at radius 2 is 2.18 bits per heavy atom. The van der Waals surface area contributed by atoms with Crippen molar-refractivity contribution in [2.75, 3.05) is 19.7 Å². The van der Waals surface area contributed by atoms with Gasteiger partial charge in [0.1, 0.15) is 5.54 Å². The van der Waals surface area contributed by atoms with E-state index < -0.39 is 11.5 Å². The maximum absolute atomic E-state index is 11.7. The van der Waals surface area contributed by atoms with Crippen molar-refractivity contribution < 1.29 is 14.6 Å². The van der Waals surface area contributed by atoms with Crippen LogP contribution >= 0.6 is 0 Å². The summed E-state index contributed by atoms with van der Waals surface area (Å²) in [6, 6.07) is 0. The van der Waals surface area contributed by atoms with Crippen molar-refractivity contribution in [1.29, 1.82) is 0 Å². The Morgan fingerprint density at radius 3 is 2.76 bits per heavy atom. The van der Waals surface area contributed by atoms with Crippen molar-refractivity contribution in [3.63, 3.8) is 0 Å². The number of carboxylic acid groups (broad SMARTS) is 1. The number of hydrogen-bond acceptors (Lipinski definition) is 3. The second-order valence-corrected chi connectivity index (χ2v) is 5.27. The monoisotopic (exact) mass is 241 g/mol. The largest absolute Gasteiger partial charge is 0.480 e. The van der Waals surface area contributed by atoms with Gasteiger partial charge in [0, 0.05) is 13.0 Å². The molecule has 0 aromatic rings. The number of carboxylic acids is 1. The third-order valence-corrected chi connectivity index (χ3v) is 4.15. The Morgan fingerprint density at radius 1 is 1.47 bits per heavy atom. The fourth-order valence-electron chi connectivity index (χ4n) is 3.20. The van der Waals surface area contributed by atoms with Crippen molar-refractivity contribution in [3.05, 3.63) is 0 Å². The van der Waals surface area contributed by atoms with Gasteiger partial charge in [-0.05, 0) is 38.8 Å². The molecule has 0 radical (unpaired) electrons. The highest BCUT2D eigenvalue weighted by Crippen LogP contribution is 2.35. The zero-order chi connectivity index (χ0) is 12.3. The van der Waals surface area contributed by atoms with Crippen molar-refractivity contribution >= 4 is 5.97 Å². The summed E-state index contributed by atoms with van der Waals surface area (Å²) in [5.41, 5.74) is -0.644. The zero-order valence-corrected chi connectivity index (χ0v) is 10.7. The lowest BCUT2D eigenvalue weighted by atomic mass is 9.84. The number of nitrogens with zero attached hydrogens (tertiary/aromatic N) is 1. The Labute approximate surface area is 103 Å². The Balaban J connectivity index is 2.12. The number of hydrogen-bond donors (Lipinski definition) is 1. The molecule has 0 amide bonds. The molecule has 2 fully saturated rings. The minimum absolute atomic E-state index is 0.130. The quantitative estimate of drug-likeness (QED) is 0.816. The minimum atomic E-state index is -0.649. The van der Waals surface area contributed by atoms with Crippen LogP contribution in [0, 0.1) is 0 Å². The van der Waals surface area contributed by atoms with E-state index in [9.17, 15) is 9.90 Å². The maximum atomic E-state index is 11.7. The second-order valence-electron chi connectivity index (χ2n) is 5.27. The second kappa shape index (κ2) is 5.36. The smallest absolute Gasteiger partial charge is 0.324 e. The van der Waals surface area contributed by atoms with Gasteiger partial charge in [0.05, 0.1) is 6.10 Å². The highest BCUT2D eigenvalue weighted by Gasteiger charge is 2.48. The molecule has 2 aliphatic rings. The molecule has 0 aliphatic carbocycles. The summed E-state index contributed by atoms with van der Waals surface area (Å²) < 4.78 is 5.69. The maximum Gasteiger partial charge on any atom is 0.324 e. The summed E-state index contributed by atoms with van der Waals surface area (Å²) >= 11 is 0. The summed E-state index contributed by atoms with van der Waals surface area (Å²) in [6.45, 7) is 4.58. The van der Waals surface area contributed by atoms with Crippen molar-refractivity contribution in [2.24, 2.45) is 0 Å². The highest BCUT2D eigenvalue weighted by molar-refractivity contribution is 5.79. The van der Waals surface area contributed by atoms with Gasteiger partial charge in [0.15, 0.2) is 0 Å². The Bertz CT molecular complexity index is 274. The van der Waals surface area contributed by atoms with E-state index in [0.29, 0.717) is 19.4 Å². The number of carbonyl (C=O) groups is 1. The molecule has 0 aromatic heterocycles. The predicted octanol–water partition coefficient (Wildman–Crippen LogP) is 1.88. The van der Waals surface area contributed by atoms with E-state index >= 15 is 0 Å². The molecule has 2 unspecified atom stereocenters. The lowest BCUT2D eigenvalue weighted by Gasteiger charge is -2.43.